The van der Waals surface area contributed by atoms with Gasteiger partial charge in [-0.15, -0.1) is 4.73 Å². The first-order valence-electron chi connectivity index (χ1n) is 6.99. The van der Waals surface area contributed by atoms with Crippen molar-refractivity contribution >= 4 is 22.8 Å². The van der Waals surface area contributed by atoms with Gasteiger partial charge in [0.25, 0.3) is 5.52 Å². The molecule has 1 aromatic carbocycles. The van der Waals surface area contributed by atoms with Crippen molar-refractivity contribution in [3.05, 3.63) is 63.5 Å². The zero-order chi connectivity index (χ0) is 17.4. The lowest BCUT2D eigenvalue weighted by molar-refractivity contribution is -0.620. The third kappa shape index (κ3) is 2.28. The van der Waals surface area contributed by atoms with Crippen LogP contribution in [0, 0.1) is 35.6 Å². The molecule has 0 bridgehead atoms. The number of nitriles is 1. The number of anilines is 1. The van der Waals surface area contributed by atoms with Gasteiger partial charge in [0.1, 0.15) is 0 Å². The van der Waals surface area contributed by atoms with Crippen molar-refractivity contribution in [2.45, 2.75) is 13.8 Å². The molecule has 0 unspecified atom stereocenters. The average molecular weight is 324 g/mol. The molecule has 8 heteroatoms. The van der Waals surface area contributed by atoms with Crippen molar-refractivity contribution in [1.82, 2.24) is 0 Å². The predicted molar refractivity (Wildman–Crippen MR) is 82.7 cm³/mol. The number of nitrogens with one attached hydrogen (secondary N) is 1. The normalized spacial score (nSPS) is 10.5. The second-order valence-corrected chi connectivity index (χ2v) is 5.25. The lowest BCUT2D eigenvalue weighted by atomic mass is 10.1. The predicted octanol–water partition coefficient (Wildman–Crippen LogP) is 1.44. The quantitative estimate of drug-likeness (QED) is 0.565. The van der Waals surface area contributed by atoms with Crippen LogP contribution >= 0.6 is 0 Å². The SMILES string of the molecule is Cc1cc2c(cc1C)[n+]([O-])c(NC(=O)c1ccco1)c(C#N)[n+]2[O-]. The Hall–Kier alpha value is -3.60. The second-order valence-electron chi connectivity index (χ2n) is 5.25. The van der Waals surface area contributed by atoms with Gasteiger partial charge in [-0.1, -0.05) is 0 Å². The van der Waals surface area contributed by atoms with Crippen molar-refractivity contribution in [3.63, 3.8) is 0 Å². The Morgan fingerprint density at radius 3 is 2.38 bits per heavy atom. The van der Waals surface area contributed by atoms with Crippen molar-refractivity contribution in [3.8, 4) is 6.07 Å². The Labute approximate surface area is 136 Å². The van der Waals surface area contributed by atoms with Crippen LogP contribution in [0.15, 0.2) is 34.9 Å². The number of hydrogen-bond acceptors (Lipinski definition) is 5. The molecule has 120 valence electrons. The Morgan fingerprint density at radius 2 is 1.83 bits per heavy atom. The largest absolute Gasteiger partial charge is 0.710 e. The molecule has 0 radical (unpaired) electrons. The zero-order valence-corrected chi connectivity index (χ0v) is 12.9. The maximum atomic E-state index is 12.6. The van der Waals surface area contributed by atoms with E-state index in [1.807, 2.05) is 0 Å². The van der Waals surface area contributed by atoms with Gasteiger partial charge in [0, 0.05) is 6.07 Å². The summed E-state index contributed by atoms with van der Waals surface area (Å²) < 4.78 is 5.65. The highest BCUT2D eigenvalue weighted by Crippen LogP contribution is 2.18. The second kappa shape index (κ2) is 5.55. The van der Waals surface area contributed by atoms with Crippen LogP contribution in [0.1, 0.15) is 27.4 Å². The molecular formula is C16H12N4O4. The number of aryl methyl sites for hydroxylation is 2. The van der Waals surface area contributed by atoms with Crippen LogP contribution in [0.4, 0.5) is 5.82 Å². The summed E-state index contributed by atoms with van der Waals surface area (Å²) in [7, 11) is 0. The maximum Gasteiger partial charge on any atom is 0.386 e. The van der Waals surface area contributed by atoms with E-state index in [9.17, 15) is 20.5 Å². The van der Waals surface area contributed by atoms with Gasteiger partial charge >= 0.3 is 17.4 Å². The number of carbonyl (C=O) groups is 1. The first kappa shape index (κ1) is 15.3. The van der Waals surface area contributed by atoms with Gasteiger partial charge in [-0.3, -0.25) is 0 Å². The first-order valence-corrected chi connectivity index (χ1v) is 6.99. The number of furan rings is 1. The van der Waals surface area contributed by atoms with E-state index in [2.05, 4.69) is 5.32 Å². The van der Waals surface area contributed by atoms with Gasteiger partial charge in [0.05, 0.1) is 6.26 Å². The van der Waals surface area contributed by atoms with E-state index < -0.39 is 17.4 Å². The number of nitrogens with zero attached hydrogens (tertiary/aromatic N) is 3. The minimum absolute atomic E-state index is 0.0449. The van der Waals surface area contributed by atoms with Crippen molar-refractivity contribution in [1.29, 1.82) is 5.26 Å². The molecule has 0 saturated carbocycles. The smallest absolute Gasteiger partial charge is 0.386 e. The number of rotatable bonds is 2. The Bertz CT molecular complexity index is 1000. The van der Waals surface area contributed by atoms with E-state index in [0.29, 0.717) is 9.46 Å². The molecule has 3 rings (SSSR count). The summed E-state index contributed by atoms with van der Waals surface area (Å²) in [5.74, 6) is -1.22. The Balaban J connectivity index is 2.24. The van der Waals surface area contributed by atoms with Crippen LogP contribution in [0.3, 0.4) is 0 Å². The molecule has 2 aromatic heterocycles. The molecule has 0 fully saturated rings. The zero-order valence-electron chi connectivity index (χ0n) is 12.9. The fourth-order valence-electron chi connectivity index (χ4n) is 2.33. The summed E-state index contributed by atoms with van der Waals surface area (Å²) in [6.45, 7) is 3.59. The van der Waals surface area contributed by atoms with Crippen LogP contribution in [0.2, 0.25) is 0 Å². The Kier molecular flexibility index (Phi) is 3.54. The van der Waals surface area contributed by atoms with E-state index in [1.54, 1.807) is 19.9 Å². The molecule has 24 heavy (non-hydrogen) atoms. The van der Waals surface area contributed by atoms with Gasteiger partial charge in [-0.05, 0) is 43.2 Å². The van der Waals surface area contributed by atoms with Crippen LogP contribution in [-0.2, 0) is 0 Å². The van der Waals surface area contributed by atoms with Gasteiger partial charge in [-0.25, -0.2) is 9.52 Å². The minimum Gasteiger partial charge on any atom is -0.710 e. The molecular weight excluding hydrogens is 312 g/mol. The molecule has 3 aromatic rings. The molecule has 0 saturated heterocycles. The van der Waals surface area contributed by atoms with E-state index in [1.165, 1.54) is 30.5 Å². The Morgan fingerprint density at radius 1 is 1.21 bits per heavy atom. The molecule has 1 N–H and O–H groups in total. The minimum atomic E-state index is -0.732. The van der Waals surface area contributed by atoms with Crippen LogP contribution in [-0.4, -0.2) is 5.91 Å². The van der Waals surface area contributed by atoms with Gasteiger partial charge in [0.2, 0.25) is 11.3 Å². The fourth-order valence-corrected chi connectivity index (χ4v) is 2.33. The number of carbonyl (C=O) groups excluding carboxylic acids is 1. The van der Waals surface area contributed by atoms with Gasteiger partial charge < -0.3 is 14.8 Å². The number of hydrogen-bond donors (Lipinski definition) is 1. The molecule has 0 aliphatic carbocycles. The molecule has 0 atom stereocenters. The third-order valence-electron chi connectivity index (χ3n) is 3.74. The number of amides is 1. The topological polar surface area (TPSA) is 120 Å². The number of fused-ring (bicyclic) bond motifs is 1. The number of aromatic nitrogens is 2. The summed E-state index contributed by atoms with van der Waals surface area (Å²) in [6, 6.07) is 7.64. The van der Waals surface area contributed by atoms with E-state index in [0.717, 1.165) is 11.1 Å². The standard InChI is InChI=1S/C16H12N4O4/c1-9-6-11-12(7-10(9)2)20(23)15(13(8-17)19(11)22)18-16(21)14-4-3-5-24-14/h3-7H,1-2H3,(H,18,21). The highest BCUT2D eigenvalue weighted by molar-refractivity contribution is 6.01. The summed E-state index contributed by atoms with van der Waals surface area (Å²) >= 11 is 0. The van der Waals surface area contributed by atoms with Crippen LogP contribution < -0.4 is 14.8 Å². The van der Waals surface area contributed by atoms with Crippen molar-refractivity contribution < 1.29 is 18.7 Å². The summed E-state index contributed by atoms with van der Waals surface area (Å²) in [5.41, 5.74) is 1.23. The van der Waals surface area contributed by atoms with E-state index in [4.69, 9.17) is 4.42 Å². The molecule has 2 heterocycles. The lowest BCUT2D eigenvalue weighted by Gasteiger charge is -2.13. The first-order chi connectivity index (χ1) is 11.4. The van der Waals surface area contributed by atoms with Gasteiger partial charge in [-0.2, -0.15) is 10.6 Å². The molecule has 0 aliphatic rings. The van der Waals surface area contributed by atoms with Crippen LogP contribution in [0.5, 0.6) is 0 Å². The molecule has 0 spiro atoms. The van der Waals surface area contributed by atoms with Gasteiger partial charge in [0.15, 0.2) is 6.07 Å². The van der Waals surface area contributed by atoms with E-state index in [-0.39, 0.29) is 16.8 Å². The molecule has 8 nitrogen and oxygen atoms in total. The van der Waals surface area contributed by atoms with Crippen molar-refractivity contribution in [2.75, 3.05) is 5.32 Å². The highest BCUT2D eigenvalue weighted by atomic mass is 16.5. The maximum absolute atomic E-state index is 12.6. The average Bonchev–Trinajstić information content (AvgIpc) is 3.09. The summed E-state index contributed by atoms with van der Waals surface area (Å²) in [5, 5.41) is 36.6. The number of benzene rings is 1. The summed E-state index contributed by atoms with van der Waals surface area (Å²) in [6.07, 6.45) is 1.30. The van der Waals surface area contributed by atoms with Crippen LogP contribution in [0.25, 0.3) is 11.0 Å². The van der Waals surface area contributed by atoms with E-state index >= 15 is 0 Å². The molecule has 0 aliphatic heterocycles. The molecule has 1 amide bonds. The monoisotopic (exact) mass is 324 g/mol. The van der Waals surface area contributed by atoms with Crippen molar-refractivity contribution in [2.24, 2.45) is 0 Å². The highest BCUT2D eigenvalue weighted by Gasteiger charge is 2.30. The summed E-state index contributed by atoms with van der Waals surface area (Å²) in [4.78, 5) is 12.1. The third-order valence-corrected chi connectivity index (χ3v) is 3.74. The fraction of sp³-hybridized carbons (Fsp3) is 0.125. The lowest BCUT2D eigenvalue weighted by Crippen LogP contribution is -2.44.